The van der Waals surface area contributed by atoms with Crippen molar-refractivity contribution in [1.82, 2.24) is 15.5 Å². The minimum absolute atomic E-state index is 0.0937. The fourth-order valence-corrected chi connectivity index (χ4v) is 3.23. The Morgan fingerprint density at radius 2 is 2.20 bits per heavy atom. The molecule has 2 rings (SSSR count). The predicted molar refractivity (Wildman–Crippen MR) is 103 cm³/mol. The first-order valence-corrected chi connectivity index (χ1v) is 9.35. The molecule has 0 radical (unpaired) electrons. The molecule has 0 amide bonds. The fraction of sp³-hybridized carbons (Fsp3) is 0.500. The van der Waals surface area contributed by atoms with E-state index in [1.54, 1.807) is 24.5 Å². The van der Waals surface area contributed by atoms with Crippen LogP contribution in [0.2, 0.25) is 0 Å². The lowest BCUT2D eigenvalue weighted by atomic mass is 10.00. The monoisotopic (exact) mass is 364 g/mol. The van der Waals surface area contributed by atoms with Gasteiger partial charge in [-0.15, -0.1) is 0 Å². The Hall–Kier alpha value is -1.83. The molecular formula is C18H28N4O2S. The number of rotatable bonds is 8. The van der Waals surface area contributed by atoms with Crippen molar-refractivity contribution in [2.45, 2.75) is 25.5 Å². The Kier molecular flexibility index (Phi) is 7.04. The molecule has 2 aromatic rings. The Balaban J connectivity index is 2.02. The molecule has 0 spiro atoms. The van der Waals surface area contributed by atoms with Crippen LogP contribution >= 0.6 is 11.3 Å². The van der Waals surface area contributed by atoms with E-state index in [4.69, 9.17) is 4.42 Å². The SMILES string of the molecule is CCNC(=NCC(C)(O)c1ccsc1)NCC(c1ccco1)N(C)C. The zero-order valence-corrected chi connectivity index (χ0v) is 16.1. The van der Waals surface area contributed by atoms with Crippen molar-refractivity contribution in [3.63, 3.8) is 0 Å². The summed E-state index contributed by atoms with van der Waals surface area (Å²) in [5.74, 6) is 1.58. The number of nitrogens with one attached hydrogen (secondary N) is 2. The molecular weight excluding hydrogens is 336 g/mol. The number of hydrogen-bond donors (Lipinski definition) is 3. The Bertz CT molecular complexity index is 636. The summed E-state index contributed by atoms with van der Waals surface area (Å²) >= 11 is 1.57. The van der Waals surface area contributed by atoms with E-state index in [1.807, 2.05) is 50.0 Å². The van der Waals surface area contributed by atoms with Gasteiger partial charge in [0.25, 0.3) is 0 Å². The first-order valence-electron chi connectivity index (χ1n) is 8.41. The molecule has 2 aromatic heterocycles. The molecule has 6 nitrogen and oxygen atoms in total. The molecule has 2 heterocycles. The third-order valence-corrected chi connectivity index (χ3v) is 4.67. The number of likely N-dealkylation sites (N-methyl/N-ethyl adjacent to an activating group) is 1. The number of nitrogens with zero attached hydrogens (tertiary/aromatic N) is 2. The van der Waals surface area contributed by atoms with Crippen LogP contribution in [0, 0.1) is 0 Å². The standard InChI is InChI=1S/C18H28N4O2S/c1-5-19-17(21-13-18(2,23)14-8-10-25-12-14)20-11-15(22(3)4)16-7-6-9-24-16/h6-10,12,15,23H,5,11,13H2,1-4H3,(H2,19,20,21). The minimum Gasteiger partial charge on any atom is -0.468 e. The first kappa shape index (κ1) is 19.5. The molecule has 0 aliphatic heterocycles. The Labute approximate surface area is 153 Å². The fourth-order valence-electron chi connectivity index (χ4n) is 2.45. The van der Waals surface area contributed by atoms with Crippen LogP contribution in [0.5, 0.6) is 0 Å². The van der Waals surface area contributed by atoms with Crippen LogP contribution in [0.4, 0.5) is 0 Å². The lowest BCUT2D eigenvalue weighted by Gasteiger charge is -2.24. The summed E-state index contributed by atoms with van der Waals surface area (Å²) in [6.45, 7) is 5.48. The van der Waals surface area contributed by atoms with Crippen molar-refractivity contribution in [2.75, 3.05) is 33.7 Å². The van der Waals surface area contributed by atoms with E-state index in [1.165, 1.54) is 0 Å². The number of hydrogen-bond acceptors (Lipinski definition) is 5. The van der Waals surface area contributed by atoms with Gasteiger partial charge in [0.15, 0.2) is 5.96 Å². The van der Waals surface area contributed by atoms with Crippen LogP contribution in [-0.4, -0.2) is 49.7 Å². The van der Waals surface area contributed by atoms with E-state index < -0.39 is 5.60 Å². The molecule has 3 N–H and O–H groups in total. The smallest absolute Gasteiger partial charge is 0.191 e. The summed E-state index contributed by atoms with van der Waals surface area (Å²) in [7, 11) is 4.03. The number of furan rings is 1. The van der Waals surface area contributed by atoms with Gasteiger partial charge >= 0.3 is 0 Å². The van der Waals surface area contributed by atoms with Crippen molar-refractivity contribution >= 4 is 17.3 Å². The molecule has 0 bridgehead atoms. The molecule has 25 heavy (non-hydrogen) atoms. The Morgan fingerprint density at radius 1 is 1.40 bits per heavy atom. The zero-order chi connectivity index (χ0) is 18.3. The highest BCUT2D eigenvalue weighted by Crippen LogP contribution is 2.23. The van der Waals surface area contributed by atoms with Crippen molar-refractivity contribution in [1.29, 1.82) is 0 Å². The normalized spacial score (nSPS) is 15.8. The van der Waals surface area contributed by atoms with E-state index in [0.717, 1.165) is 17.9 Å². The van der Waals surface area contributed by atoms with Crippen molar-refractivity contribution in [3.8, 4) is 0 Å². The number of guanidine groups is 1. The molecule has 0 saturated carbocycles. The number of aliphatic hydroxyl groups is 1. The maximum Gasteiger partial charge on any atom is 0.191 e. The van der Waals surface area contributed by atoms with Gasteiger partial charge < -0.3 is 20.2 Å². The molecule has 2 unspecified atom stereocenters. The van der Waals surface area contributed by atoms with Crippen molar-refractivity contribution < 1.29 is 9.52 Å². The van der Waals surface area contributed by atoms with Gasteiger partial charge in [-0.2, -0.15) is 11.3 Å². The van der Waals surface area contributed by atoms with Crippen LogP contribution in [-0.2, 0) is 5.60 Å². The average Bonchev–Trinajstić information content (AvgIpc) is 3.26. The number of thiophene rings is 1. The van der Waals surface area contributed by atoms with Gasteiger partial charge in [0.05, 0.1) is 18.8 Å². The summed E-state index contributed by atoms with van der Waals surface area (Å²) in [5.41, 5.74) is -0.0940. The summed E-state index contributed by atoms with van der Waals surface area (Å²) in [5, 5.41) is 21.1. The van der Waals surface area contributed by atoms with Crippen LogP contribution < -0.4 is 10.6 Å². The Morgan fingerprint density at radius 3 is 2.76 bits per heavy atom. The van der Waals surface area contributed by atoms with Crippen LogP contribution in [0.25, 0.3) is 0 Å². The lowest BCUT2D eigenvalue weighted by molar-refractivity contribution is 0.0677. The third-order valence-electron chi connectivity index (χ3n) is 3.99. The lowest BCUT2D eigenvalue weighted by Crippen LogP contribution is -2.42. The number of aliphatic imine (C=N–C) groups is 1. The molecule has 0 saturated heterocycles. The highest BCUT2D eigenvalue weighted by Gasteiger charge is 2.23. The van der Waals surface area contributed by atoms with Gasteiger partial charge in [-0.05, 0) is 62.5 Å². The highest BCUT2D eigenvalue weighted by atomic mass is 32.1. The molecule has 0 aromatic carbocycles. The molecule has 138 valence electrons. The van der Waals surface area contributed by atoms with E-state index >= 15 is 0 Å². The topological polar surface area (TPSA) is 73.0 Å². The quantitative estimate of drug-likeness (QED) is 0.496. The average molecular weight is 365 g/mol. The maximum atomic E-state index is 10.6. The summed E-state index contributed by atoms with van der Waals surface area (Å²) in [6, 6.07) is 5.89. The van der Waals surface area contributed by atoms with E-state index in [9.17, 15) is 5.11 Å². The van der Waals surface area contributed by atoms with Crippen LogP contribution in [0.1, 0.15) is 31.2 Å². The van der Waals surface area contributed by atoms with Crippen molar-refractivity contribution in [2.24, 2.45) is 4.99 Å². The second-order valence-electron chi connectivity index (χ2n) is 6.36. The summed E-state index contributed by atoms with van der Waals surface area (Å²) in [6.07, 6.45) is 1.68. The molecule has 0 aliphatic rings. The van der Waals surface area contributed by atoms with E-state index in [0.29, 0.717) is 12.5 Å². The zero-order valence-electron chi connectivity index (χ0n) is 15.3. The minimum atomic E-state index is -0.982. The van der Waals surface area contributed by atoms with Gasteiger partial charge in [-0.25, -0.2) is 4.99 Å². The van der Waals surface area contributed by atoms with Gasteiger partial charge in [-0.3, -0.25) is 4.90 Å². The van der Waals surface area contributed by atoms with Crippen molar-refractivity contribution in [3.05, 3.63) is 46.5 Å². The molecule has 0 fully saturated rings. The second-order valence-corrected chi connectivity index (χ2v) is 7.14. The van der Waals surface area contributed by atoms with Crippen LogP contribution in [0.15, 0.2) is 44.6 Å². The van der Waals surface area contributed by atoms with Gasteiger partial charge in [-0.1, -0.05) is 0 Å². The summed E-state index contributed by atoms with van der Waals surface area (Å²) < 4.78 is 5.53. The molecule has 2 atom stereocenters. The largest absolute Gasteiger partial charge is 0.468 e. The second kappa shape index (κ2) is 9.03. The van der Waals surface area contributed by atoms with Gasteiger partial charge in [0.2, 0.25) is 0 Å². The molecule has 7 heteroatoms. The third kappa shape index (κ3) is 5.59. The van der Waals surface area contributed by atoms with Crippen LogP contribution in [0.3, 0.4) is 0 Å². The predicted octanol–water partition coefficient (Wildman–Crippen LogP) is 2.41. The summed E-state index contributed by atoms with van der Waals surface area (Å²) in [4.78, 5) is 6.65. The maximum absolute atomic E-state index is 10.6. The van der Waals surface area contributed by atoms with E-state index in [-0.39, 0.29) is 12.6 Å². The highest BCUT2D eigenvalue weighted by molar-refractivity contribution is 7.08. The van der Waals surface area contributed by atoms with E-state index in [2.05, 4.69) is 20.5 Å². The van der Waals surface area contributed by atoms with Gasteiger partial charge in [0, 0.05) is 13.1 Å². The first-order chi connectivity index (χ1) is 11.9. The molecule has 0 aliphatic carbocycles. The van der Waals surface area contributed by atoms with Gasteiger partial charge in [0.1, 0.15) is 11.4 Å².